The number of carbonyl (C=O) groups excluding carboxylic acids is 2. The number of nitrogens with zero attached hydrogens (tertiary/aromatic N) is 2. The summed E-state index contributed by atoms with van der Waals surface area (Å²) in [5.41, 5.74) is 4.50. The molecule has 2 N–H and O–H groups in total. The Kier molecular flexibility index (Phi) is 3.87. The molecule has 1 aromatic heterocycles. The van der Waals surface area contributed by atoms with Crippen molar-refractivity contribution < 1.29 is 14.3 Å². The van der Waals surface area contributed by atoms with Crippen molar-refractivity contribution >= 4 is 17.4 Å². The van der Waals surface area contributed by atoms with E-state index in [2.05, 4.69) is 5.10 Å². The van der Waals surface area contributed by atoms with Crippen molar-refractivity contribution in [1.29, 1.82) is 0 Å². The number of rotatable bonds is 5. The topological polar surface area (TPSA) is 104 Å². The number of aryl methyl sites for hydroxylation is 1. The lowest BCUT2D eigenvalue weighted by Crippen LogP contribution is -2.31. The quantitative estimate of drug-likeness (QED) is 0.625. The second-order valence-electron chi connectivity index (χ2n) is 4.86. The lowest BCUT2D eigenvalue weighted by Gasteiger charge is -2.11. The van der Waals surface area contributed by atoms with Gasteiger partial charge in [-0.15, -0.1) is 0 Å². The number of anilines is 1. The molecule has 0 aliphatic heterocycles. The summed E-state index contributed by atoms with van der Waals surface area (Å²) < 4.78 is 6.16. The Balaban J connectivity index is 2.42. The van der Waals surface area contributed by atoms with Gasteiger partial charge in [-0.1, -0.05) is 0 Å². The maximum absolute atomic E-state index is 12.0. The molecule has 7 heteroatoms. The van der Waals surface area contributed by atoms with Crippen molar-refractivity contribution in [3.63, 3.8) is 0 Å². The Labute approximate surface area is 115 Å². The molecule has 0 bridgehead atoms. The molecule has 1 saturated carbocycles. The molecule has 7 nitrogen and oxygen atoms in total. The van der Waals surface area contributed by atoms with Crippen LogP contribution in [-0.4, -0.2) is 28.1 Å². The molecule has 2 rings (SSSR count). The van der Waals surface area contributed by atoms with Crippen LogP contribution in [0.1, 0.15) is 47.5 Å². The molecule has 0 atom stereocenters. The van der Waals surface area contributed by atoms with E-state index in [1.54, 1.807) is 6.92 Å². The third-order valence-corrected chi connectivity index (χ3v) is 3.18. The summed E-state index contributed by atoms with van der Waals surface area (Å²) in [6.45, 7) is 3.49. The van der Waals surface area contributed by atoms with Crippen LogP contribution >= 0.6 is 0 Å². The van der Waals surface area contributed by atoms with Gasteiger partial charge in [0.1, 0.15) is 5.69 Å². The molecule has 1 fully saturated rings. The van der Waals surface area contributed by atoms with Gasteiger partial charge in [-0.2, -0.15) is 5.10 Å². The zero-order valence-electron chi connectivity index (χ0n) is 11.5. The molecule has 1 aliphatic carbocycles. The average Bonchev–Trinajstić information content (AvgIpc) is 3.22. The minimum Gasteiger partial charge on any atom is -0.461 e. The fourth-order valence-electron chi connectivity index (χ4n) is 1.85. The average molecular weight is 279 g/mol. The highest BCUT2D eigenvalue weighted by atomic mass is 16.5. The van der Waals surface area contributed by atoms with Crippen molar-refractivity contribution in [3.8, 4) is 0 Å². The molecule has 0 saturated heterocycles. The van der Waals surface area contributed by atoms with Gasteiger partial charge in [-0.25, -0.2) is 9.48 Å². The molecule has 108 valence electrons. The van der Waals surface area contributed by atoms with Gasteiger partial charge in [0, 0.05) is 6.54 Å². The Morgan fingerprint density at radius 1 is 1.45 bits per heavy atom. The number of carbonyl (C=O) groups is 2. The lowest BCUT2D eigenvalue weighted by atomic mass is 10.1. The molecular formula is C13H17N3O4. The van der Waals surface area contributed by atoms with E-state index in [9.17, 15) is 14.4 Å². The Hall–Kier alpha value is -2.18. The minimum absolute atomic E-state index is 0.152. The molecule has 0 unspecified atom stereocenters. The summed E-state index contributed by atoms with van der Waals surface area (Å²) in [6, 6.07) is 0. The maximum atomic E-state index is 12.0. The molecule has 0 amide bonds. The van der Waals surface area contributed by atoms with E-state index in [0.717, 1.165) is 17.5 Å². The van der Waals surface area contributed by atoms with Gasteiger partial charge in [-0.05, 0) is 32.6 Å². The number of esters is 1. The van der Waals surface area contributed by atoms with E-state index in [4.69, 9.17) is 10.5 Å². The van der Waals surface area contributed by atoms with E-state index in [-0.39, 0.29) is 23.5 Å². The molecule has 0 radical (unpaired) electrons. The Morgan fingerprint density at radius 2 is 2.10 bits per heavy atom. The van der Waals surface area contributed by atoms with Gasteiger partial charge in [0.2, 0.25) is 0 Å². The van der Waals surface area contributed by atoms with Crippen molar-refractivity contribution in [2.45, 2.75) is 33.2 Å². The molecular weight excluding hydrogens is 262 g/mol. The molecule has 0 aromatic carbocycles. The smallest absolute Gasteiger partial charge is 0.359 e. The van der Waals surface area contributed by atoms with Gasteiger partial charge < -0.3 is 10.5 Å². The van der Waals surface area contributed by atoms with Gasteiger partial charge in [0.25, 0.3) is 5.56 Å². The number of ether oxygens (including phenoxy) is 1. The van der Waals surface area contributed by atoms with Crippen LogP contribution in [-0.2, 0) is 11.3 Å². The van der Waals surface area contributed by atoms with Crippen molar-refractivity contribution in [1.82, 2.24) is 9.78 Å². The van der Waals surface area contributed by atoms with Crippen LogP contribution < -0.4 is 11.3 Å². The first-order valence-electron chi connectivity index (χ1n) is 6.54. The van der Waals surface area contributed by atoms with Crippen LogP contribution in [0.3, 0.4) is 0 Å². The Morgan fingerprint density at radius 3 is 2.60 bits per heavy atom. The first-order chi connectivity index (χ1) is 9.45. The number of hydrogen-bond acceptors (Lipinski definition) is 6. The molecule has 0 spiro atoms. The SMILES string of the molecule is CCn1nc(C(=O)OCC2CC2)c(C(C)=O)c(N)c1=O. The van der Waals surface area contributed by atoms with Crippen LogP contribution in [0.25, 0.3) is 0 Å². The first kappa shape index (κ1) is 14.2. The monoisotopic (exact) mass is 279 g/mol. The predicted octanol–water partition coefficient (Wildman–Crippen LogP) is 0.615. The fraction of sp³-hybridized carbons (Fsp3) is 0.538. The molecule has 1 aromatic rings. The van der Waals surface area contributed by atoms with Crippen LogP contribution in [0, 0.1) is 5.92 Å². The minimum atomic E-state index is -0.712. The van der Waals surface area contributed by atoms with Crippen LogP contribution in [0.4, 0.5) is 5.69 Å². The van der Waals surface area contributed by atoms with E-state index in [1.165, 1.54) is 6.92 Å². The maximum Gasteiger partial charge on any atom is 0.359 e. The number of hydrogen-bond donors (Lipinski definition) is 1. The molecule has 1 aliphatic rings. The molecule has 1 heterocycles. The largest absolute Gasteiger partial charge is 0.461 e. The van der Waals surface area contributed by atoms with E-state index < -0.39 is 17.3 Å². The lowest BCUT2D eigenvalue weighted by molar-refractivity contribution is 0.0473. The van der Waals surface area contributed by atoms with Crippen LogP contribution in [0.5, 0.6) is 0 Å². The zero-order chi connectivity index (χ0) is 14.9. The van der Waals surface area contributed by atoms with Gasteiger partial charge in [0.15, 0.2) is 11.5 Å². The second-order valence-corrected chi connectivity index (χ2v) is 4.86. The standard InChI is InChI=1S/C13H17N3O4/c1-3-16-12(18)10(14)9(7(2)17)11(15-16)13(19)20-6-8-4-5-8/h8H,3-6,14H2,1-2H3. The normalized spacial score (nSPS) is 14.1. The number of ketones is 1. The summed E-state index contributed by atoms with van der Waals surface area (Å²) in [5, 5.41) is 3.90. The third-order valence-electron chi connectivity index (χ3n) is 3.18. The van der Waals surface area contributed by atoms with E-state index >= 15 is 0 Å². The number of aromatic nitrogens is 2. The molecule has 20 heavy (non-hydrogen) atoms. The zero-order valence-corrected chi connectivity index (χ0v) is 11.5. The summed E-state index contributed by atoms with van der Waals surface area (Å²) in [7, 11) is 0. The van der Waals surface area contributed by atoms with Gasteiger partial charge in [-0.3, -0.25) is 9.59 Å². The highest BCUT2D eigenvalue weighted by Crippen LogP contribution is 2.29. The number of Topliss-reactive ketones (excluding diaryl/α,β-unsaturated/α-hetero) is 1. The van der Waals surface area contributed by atoms with Crippen LogP contribution in [0.2, 0.25) is 0 Å². The summed E-state index contributed by atoms with van der Waals surface area (Å²) >= 11 is 0. The van der Waals surface area contributed by atoms with E-state index in [0.29, 0.717) is 12.5 Å². The van der Waals surface area contributed by atoms with E-state index in [1.807, 2.05) is 0 Å². The first-order valence-corrected chi connectivity index (χ1v) is 6.54. The Bertz CT molecular complexity index is 617. The number of nitrogen functional groups attached to an aromatic ring is 1. The van der Waals surface area contributed by atoms with Crippen molar-refractivity contribution in [2.75, 3.05) is 12.3 Å². The van der Waals surface area contributed by atoms with Crippen molar-refractivity contribution in [3.05, 3.63) is 21.6 Å². The number of nitrogens with two attached hydrogens (primary N) is 1. The summed E-state index contributed by atoms with van der Waals surface area (Å²) in [5.74, 6) is -0.793. The summed E-state index contributed by atoms with van der Waals surface area (Å²) in [6.07, 6.45) is 2.08. The van der Waals surface area contributed by atoms with Gasteiger partial charge in [0.05, 0.1) is 12.2 Å². The predicted molar refractivity (Wildman–Crippen MR) is 71.6 cm³/mol. The fourth-order valence-corrected chi connectivity index (χ4v) is 1.85. The summed E-state index contributed by atoms with van der Waals surface area (Å²) in [4.78, 5) is 35.5. The van der Waals surface area contributed by atoms with Crippen molar-refractivity contribution in [2.24, 2.45) is 5.92 Å². The van der Waals surface area contributed by atoms with Crippen LogP contribution in [0.15, 0.2) is 4.79 Å². The third kappa shape index (κ3) is 2.71. The second kappa shape index (κ2) is 5.44. The van der Waals surface area contributed by atoms with Gasteiger partial charge >= 0.3 is 5.97 Å². The highest BCUT2D eigenvalue weighted by Gasteiger charge is 2.27. The highest BCUT2D eigenvalue weighted by molar-refractivity contribution is 6.07.